The van der Waals surface area contributed by atoms with E-state index in [1.54, 1.807) is 0 Å². The SMILES string of the molecule is CC1(C)CCC(C)(C)c2cc3c(cc21)c1ccc2c4ccccc4n(-c4ccccc4)c2c1n3-c1nc(-c2ccccc2)nc(-c2ccccc2)n1. The van der Waals surface area contributed by atoms with Crippen molar-refractivity contribution in [1.29, 1.82) is 0 Å². The summed E-state index contributed by atoms with van der Waals surface area (Å²) in [6.07, 6.45) is 2.28. The van der Waals surface area contributed by atoms with Crippen molar-refractivity contribution in [2.24, 2.45) is 0 Å². The van der Waals surface area contributed by atoms with Gasteiger partial charge in [-0.2, -0.15) is 9.97 Å². The minimum absolute atomic E-state index is 0.0259. The fraction of sp³-hybridized carbons (Fsp3) is 0.170. The Balaban J connectivity index is 1.43. The minimum Gasteiger partial charge on any atom is -0.307 e. The Hall–Kier alpha value is -6.07. The summed E-state index contributed by atoms with van der Waals surface area (Å²) in [7, 11) is 0. The molecule has 3 heterocycles. The molecule has 3 aromatic heterocycles. The molecule has 0 unspecified atom stereocenters. The van der Waals surface area contributed by atoms with Crippen molar-refractivity contribution < 1.29 is 0 Å². The fourth-order valence-corrected chi connectivity index (χ4v) is 8.56. The molecule has 10 rings (SSSR count). The Bertz CT molecular complexity index is 2770. The highest BCUT2D eigenvalue weighted by molar-refractivity contribution is 6.23. The second kappa shape index (κ2) is 11.2. The molecule has 5 nitrogen and oxygen atoms in total. The van der Waals surface area contributed by atoms with Gasteiger partial charge in [-0.05, 0) is 65.1 Å². The van der Waals surface area contributed by atoms with E-state index in [9.17, 15) is 0 Å². The number of para-hydroxylation sites is 2. The van der Waals surface area contributed by atoms with Crippen molar-refractivity contribution >= 4 is 43.6 Å². The van der Waals surface area contributed by atoms with Crippen LogP contribution >= 0.6 is 0 Å². The first-order chi connectivity index (χ1) is 25.3. The Morgan fingerprint density at radius 1 is 0.442 bits per heavy atom. The van der Waals surface area contributed by atoms with Crippen LogP contribution in [-0.4, -0.2) is 24.1 Å². The van der Waals surface area contributed by atoms with Crippen LogP contribution in [0.25, 0.3) is 78.0 Å². The van der Waals surface area contributed by atoms with E-state index in [4.69, 9.17) is 15.0 Å². The summed E-state index contributed by atoms with van der Waals surface area (Å²) >= 11 is 0. The number of aromatic nitrogens is 5. The fourth-order valence-electron chi connectivity index (χ4n) is 8.56. The van der Waals surface area contributed by atoms with E-state index in [0.717, 1.165) is 46.2 Å². The van der Waals surface area contributed by atoms with Gasteiger partial charge in [0.15, 0.2) is 11.6 Å². The maximum Gasteiger partial charge on any atom is 0.238 e. The van der Waals surface area contributed by atoms with E-state index in [1.165, 1.54) is 38.2 Å². The van der Waals surface area contributed by atoms with Crippen molar-refractivity contribution in [1.82, 2.24) is 24.1 Å². The molecule has 0 amide bonds. The number of benzene rings is 6. The van der Waals surface area contributed by atoms with Crippen molar-refractivity contribution in [2.75, 3.05) is 0 Å². The molecular formula is C47H39N5. The van der Waals surface area contributed by atoms with E-state index in [-0.39, 0.29) is 10.8 Å². The molecule has 252 valence electrons. The van der Waals surface area contributed by atoms with Crippen LogP contribution in [-0.2, 0) is 10.8 Å². The predicted molar refractivity (Wildman–Crippen MR) is 215 cm³/mol. The molecule has 0 saturated heterocycles. The average Bonchev–Trinajstić information content (AvgIpc) is 3.70. The van der Waals surface area contributed by atoms with Crippen LogP contribution < -0.4 is 0 Å². The van der Waals surface area contributed by atoms with Gasteiger partial charge in [-0.15, -0.1) is 0 Å². The smallest absolute Gasteiger partial charge is 0.238 e. The molecule has 0 fully saturated rings. The van der Waals surface area contributed by atoms with Crippen LogP contribution in [0.1, 0.15) is 51.7 Å². The zero-order valence-corrected chi connectivity index (χ0v) is 29.9. The molecule has 0 spiro atoms. The van der Waals surface area contributed by atoms with Crippen LogP contribution in [0.3, 0.4) is 0 Å². The van der Waals surface area contributed by atoms with Crippen LogP contribution in [0.15, 0.2) is 140 Å². The van der Waals surface area contributed by atoms with E-state index < -0.39 is 0 Å². The zero-order valence-electron chi connectivity index (χ0n) is 29.9. The Morgan fingerprint density at radius 2 is 0.942 bits per heavy atom. The van der Waals surface area contributed by atoms with Crippen LogP contribution in [0.2, 0.25) is 0 Å². The number of hydrogen-bond acceptors (Lipinski definition) is 3. The molecule has 52 heavy (non-hydrogen) atoms. The number of nitrogens with zero attached hydrogens (tertiary/aromatic N) is 5. The van der Waals surface area contributed by atoms with E-state index in [1.807, 2.05) is 36.4 Å². The standard InChI is InChI=1S/C47H39N5/c1-46(2)26-27-47(3,4)38-29-40-36(28-37(38)46)35-25-24-34-33-22-14-15-23-39(33)51(32-20-12-7-13-21-32)41(34)42(35)52(40)45-49-43(30-16-8-5-9-17-30)48-44(50-45)31-18-10-6-11-19-31/h5-25,28-29H,26-27H2,1-4H3. The maximum absolute atomic E-state index is 5.34. The van der Waals surface area contributed by atoms with Gasteiger partial charge in [-0.3, -0.25) is 4.57 Å². The van der Waals surface area contributed by atoms with Crippen LogP contribution in [0.4, 0.5) is 0 Å². The van der Waals surface area contributed by atoms with Gasteiger partial charge in [0, 0.05) is 38.4 Å². The lowest BCUT2D eigenvalue weighted by atomic mass is 9.63. The van der Waals surface area contributed by atoms with Gasteiger partial charge in [0.1, 0.15) is 0 Å². The molecule has 1 aliphatic carbocycles. The second-order valence-corrected chi connectivity index (χ2v) is 15.6. The summed E-state index contributed by atoms with van der Waals surface area (Å²) < 4.78 is 4.76. The lowest BCUT2D eigenvalue weighted by Gasteiger charge is -2.42. The average molecular weight is 674 g/mol. The monoisotopic (exact) mass is 673 g/mol. The number of rotatable bonds is 4. The zero-order chi connectivity index (χ0) is 35.2. The molecule has 0 saturated carbocycles. The van der Waals surface area contributed by atoms with Crippen molar-refractivity contribution in [3.05, 3.63) is 151 Å². The normalized spacial score (nSPS) is 15.1. The van der Waals surface area contributed by atoms with Gasteiger partial charge < -0.3 is 4.57 Å². The first-order valence-corrected chi connectivity index (χ1v) is 18.3. The molecule has 0 atom stereocenters. The van der Waals surface area contributed by atoms with Gasteiger partial charge in [0.25, 0.3) is 0 Å². The van der Waals surface area contributed by atoms with E-state index in [0.29, 0.717) is 17.6 Å². The highest BCUT2D eigenvalue weighted by Crippen LogP contribution is 2.49. The Morgan fingerprint density at radius 3 is 1.56 bits per heavy atom. The van der Waals surface area contributed by atoms with E-state index >= 15 is 0 Å². The highest BCUT2D eigenvalue weighted by atomic mass is 15.2. The largest absolute Gasteiger partial charge is 0.307 e. The highest BCUT2D eigenvalue weighted by Gasteiger charge is 2.38. The Labute approximate surface area is 303 Å². The molecule has 9 aromatic rings. The first kappa shape index (κ1) is 30.7. The molecule has 0 N–H and O–H groups in total. The van der Waals surface area contributed by atoms with Crippen molar-refractivity contribution in [3.63, 3.8) is 0 Å². The topological polar surface area (TPSA) is 48.5 Å². The third-order valence-electron chi connectivity index (χ3n) is 11.4. The molecule has 6 aromatic carbocycles. The number of hydrogen-bond donors (Lipinski definition) is 0. The summed E-state index contributed by atoms with van der Waals surface area (Å²) in [4.78, 5) is 15.8. The second-order valence-electron chi connectivity index (χ2n) is 15.6. The summed E-state index contributed by atoms with van der Waals surface area (Å²) in [6.45, 7) is 9.61. The minimum atomic E-state index is 0.0259. The van der Waals surface area contributed by atoms with Crippen LogP contribution in [0, 0.1) is 0 Å². The molecule has 0 aliphatic heterocycles. The van der Waals surface area contributed by atoms with Crippen molar-refractivity contribution in [3.8, 4) is 34.4 Å². The third-order valence-corrected chi connectivity index (χ3v) is 11.4. The lowest BCUT2D eigenvalue weighted by Crippen LogP contribution is -2.33. The first-order valence-electron chi connectivity index (χ1n) is 18.3. The maximum atomic E-state index is 5.34. The Kier molecular flexibility index (Phi) is 6.63. The summed E-state index contributed by atoms with van der Waals surface area (Å²) in [5.41, 5.74) is 10.5. The van der Waals surface area contributed by atoms with E-state index in [2.05, 4.69) is 140 Å². The third kappa shape index (κ3) is 4.58. The molecular weight excluding hydrogens is 635 g/mol. The summed E-state index contributed by atoms with van der Waals surface area (Å²) in [6, 6.07) is 49.6. The summed E-state index contributed by atoms with van der Waals surface area (Å²) in [5.74, 6) is 1.90. The van der Waals surface area contributed by atoms with Crippen molar-refractivity contribution in [2.45, 2.75) is 51.4 Å². The lowest BCUT2D eigenvalue weighted by molar-refractivity contribution is 0.332. The van der Waals surface area contributed by atoms with Gasteiger partial charge in [0.05, 0.1) is 22.1 Å². The van der Waals surface area contributed by atoms with Gasteiger partial charge in [-0.25, -0.2) is 4.98 Å². The van der Waals surface area contributed by atoms with Crippen LogP contribution in [0.5, 0.6) is 0 Å². The molecule has 1 aliphatic rings. The summed E-state index contributed by atoms with van der Waals surface area (Å²) in [5, 5.41) is 4.82. The van der Waals surface area contributed by atoms with Gasteiger partial charge >= 0.3 is 0 Å². The quantitative estimate of drug-likeness (QED) is 0.187. The number of fused-ring (bicyclic) bond motifs is 8. The molecule has 0 bridgehead atoms. The van der Waals surface area contributed by atoms with Gasteiger partial charge in [-0.1, -0.05) is 137 Å². The molecule has 5 heteroatoms. The predicted octanol–water partition coefficient (Wildman–Crippen LogP) is 11.7. The van der Waals surface area contributed by atoms with Gasteiger partial charge in [0.2, 0.25) is 5.95 Å². The molecule has 0 radical (unpaired) electrons.